The summed E-state index contributed by atoms with van der Waals surface area (Å²) >= 11 is 0. The molecule has 28 heavy (non-hydrogen) atoms. The lowest BCUT2D eigenvalue weighted by atomic mass is 10.3. The molecule has 0 saturated carbocycles. The number of rotatable bonds is 12. The molecule has 1 unspecified atom stereocenters. The van der Waals surface area contributed by atoms with E-state index in [1.165, 1.54) is 0 Å². The van der Waals surface area contributed by atoms with Crippen molar-refractivity contribution in [2.24, 2.45) is 0 Å². The molecule has 0 amide bonds. The Labute approximate surface area is 166 Å². The Morgan fingerprint density at radius 2 is 1.46 bits per heavy atom. The molecular formula is C20H29NO6P+. The van der Waals surface area contributed by atoms with Crippen LogP contribution in [0.2, 0.25) is 0 Å². The summed E-state index contributed by atoms with van der Waals surface area (Å²) in [5.41, 5.74) is 0. The molecule has 0 heterocycles. The summed E-state index contributed by atoms with van der Waals surface area (Å²) in [6.07, 6.45) is -0.593. The highest BCUT2D eigenvalue weighted by Crippen LogP contribution is 2.43. The van der Waals surface area contributed by atoms with E-state index in [0.717, 1.165) is 0 Å². The molecule has 0 saturated heterocycles. The van der Waals surface area contributed by atoms with Crippen molar-refractivity contribution >= 4 is 7.82 Å². The van der Waals surface area contributed by atoms with Crippen molar-refractivity contribution in [3.63, 3.8) is 0 Å². The van der Waals surface area contributed by atoms with Crippen LogP contribution in [-0.2, 0) is 13.6 Å². The van der Waals surface area contributed by atoms with Crippen molar-refractivity contribution in [3.8, 4) is 11.5 Å². The molecule has 0 aliphatic rings. The fourth-order valence-electron chi connectivity index (χ4n) is 2.16. The summed E-state index contributed by atoms with van der Waals surface area (Å²) in [6.45, 7) is 0.689. The van der Waals surface area contributed by atoms with Crippen molar-refractivity contribution in [2.45, 2.75) is 6.10 Å². The molecular weight excluding hydrogens is 381 g/mol. The SMILES string of the molecule is C[N+](C)(C)CCOP(=O)(O)OC[C@@H](COc1ccccc1)Oc1ccccc1. The van der Waals surface area contributed by atoms with E-state index in [1.54, 1.807) is 12.1 Å². The number of nitrogens with zero attached hydrogens (tertiary/aromatic N) is 1. The smallest absolute Gasteiger partial charge is 0.472 e. The molecule has 2 rings (SSSR count). The van der Waals surface area contributed by atoms with Crippen molar-refractivity contribution in [1.29, 1.82) is 0 Å². The molecule has 0 spiro atoms. The minimum Gasteiger partial charge on any atom is -0.490 e. The van der Waals surface area contributed by atoms with E-state index < -0.39 is 13.9 Å². The van der Waals surface area contributed by atoms with Crippen LogP contribution in [0, 0.1) is 0 Å². The third-order valence-electron chi connectivity index (χ3n) is 3.67. The van der Waals surface area contributed by atoms with Gasteiger partial charge in [-0.1, -0.05) is 36.4 Å². The zero-order valence-electron chi connectivity index (χ0n) is 16.6. The predicted molar refractivity (Wildman–Crippen MR) is 107 cm³/mol. The number of benzene rings is 2. The van der Waals surface area contributed by atoms with E-state index in [2.05, 4.69) is 0 Å². The largest absolute Gasteiger partial charge is 0.490 e. The molecule has 1 N–H and O–H groups in total. The van der Waals surface area contributed by atoms with Crippen LogP contribution in [0.4, 0.5) is 0 Å². The monoisotopic (exact) mass is 410 g/mol. The van der Waals surface area contributed by atoms with Gasteiger partial charge in [0.2, 0.25) is 0 Å². The number of phosphoric acid groups is 1. The molecule has 8 heteroatoms. The number of quaternary nitrogens is 1. The topological polar surface area (TPSA) is 74.2 Å². The third kappa shape index (κ3) is 9.35. The van der Waals surface area contributed by atoms with Crippen molar-refractivity contribution < 1.29 is 32.5 Å². The van der Waals surface area contributed by atoms with Crippen LogP contribution in [0.15, 0.2) is 60.7 Å². The molecule has 0 bridgehead atoms. The molecule has 0 fully saturated rings. The van der Waals surface area contributed by atoms with E-state index in [-0.39, 0.29) is 19.8 Å². The number of ether oxygens (including phenoxy) is 2. The molecule has 2 aromatic carbocycles. The van der Waals surface area contributed by atoms with E-state index in [4.69, 9.17) is 18.5 Å². The fraction of sp³-hybridized carbons (Fsp3) is 0.400. The minimum atomic E-state index is -4.18. The van der Waals surface area contributed by atoms with Gasteiger partial charge in [0.05, 0.1) is 27.7 Å². The Kier molecular flexibility index (Phi) is 8.48. The maximum absolute atomic E-state index is 12.1. The van der Waals surface area contributed by atoms with Gasteiger partial charge >= 0.3 is 7.82 Å². The van der Waals surface area contributed by atoms with Gasteiger partial charge in [-0.2, -0.15) is 0 Å². The Bertz CT molecular complexity index is 735. The average molecular weight is 410 g/mol. The van der Waals surface area contributed by atoms with E-state index >= 15 is 0 Å². The molecule has 2 aromatic rings. The number of likely N-dealkylation sites (N-methyl/N-ethyl adjacent to an activating group) is 1. The Morgan fingerprint density at radius 3 is 2.04 bits per heavy atom. The van der Waals surface area contributed by atoms with Crippen LogP contribution < -0.4 is 9.47 Å². The zero-order valence-corrected chi connectivity index (χ0v) is 17.5. The van der Waals surface area contributed by atoms with Crippen LogP contribution in [0.1, 0.15) is 0 Å². The minimum absolute atomic E-state index is 0.113. The van der Waals surface area contributed by atoms with Crippen LogP contribution in [0.25, 0.3) is 0 Å². The number of hydrogen-bond donors (Lipinski definition) is 1. The Balaban J connectivity index is 1.91. The molecule has 7 nitrogen and oxygen atoms in total. The maximum Gasteiger partial charge on any atom is 0.472 e. The van der Waals surface area contributed by atoms with Crippen molar-refractivity contribution in [1.82, 2.24) is 0 Å². The second-order valence-corrected chi connectivity index (χ2v) is 8.74. The molecule has 0 aliphatic heterocycles. The number of para-hydroxylation sites is 2. The first-order chi connectivity index (χ1) is 13.2. The lowest BCUT2D eigenvalue weighted by Crippen LogP contribution is -2.37. The van der Waals surface area contributed by atoms with Crippen molar-refractivity contribution in [3.05, 3.63) is 60.7 Å². The molecule has 0 radical (unpaired) electrons. The van der Waals surface area contributed by atoms with E-state index in [1.807, 2.05) is 69.7 Å². The lowest BCUT2D eigenvalue weighted by molar-refractivity contribution is -0.870. The standard InChI is InChI=1S/C20H28NO6P/c1-21(2,3)14-15-25-28(22,23)26-17-20(27-19-12-8-5-9-13-19)16-24-18-10-6-4-7-11-18/h4-13,20H,14-17H2,1-3H3/p+1/t20-/m1/s1. The molecule has 0 aromatic heterocycles. The number of hydrogen-bond acceptors (Lipinski definition) is 5. The summed E-state index contributed by atoms with van der Waals surface area (Å²) in [5, 5.41) is 0. The average Bonchev–Trinajstić information content (AvgIpc) is 2.64. The fourth-order valence-corrected chi connectivity index (χ4v) is 2.90. The number of phosphoric ester groups is 1. The first-order valence-corrected chi connectivity index (χ1v) is 10.5. The van der Waals surface area contributed by atoms with Gasteiger partial charge in [0.25, 0.3) is 0 Å². The van der Waals surface area contributed by atoms with Gasteiger partial charge in [-0.15, -0.1) is 0 Å². The van der Waals surface area contributed by atoms with Gasteiger partial charge in [0.15, 0.2) is 6.10 Å². The van der Waals surface area contributed by atoms with Crippen LogP contribution in [0.5, 0.6) is 11.5 Å². The van der Waals surface area contributed by atoms with E-state index in [9.17, 15) is 9.46 Å². The summed E-state index contributed by atoms with van der Waals surface area (Å²) < 4.78 is 34.5. The normalized spacial score (nSPS) is 14.9. The molecule has 2 atom stereocenters. The van der Waals surface area contributed by atoms with Crippen molar-refractivity contribution in [2.75, 3.05) is 47.5 Å². The van der Waals surface area contributed by atoms with Gasteiger partial charge in [-0.25, -0.2) is 4.57 Å². The highest BCUT2D eigenvalue weighted by atomic mass is 31.2. The first kappa shape index (κ1) is 22.4. The van der Waals surface area contributed by atoms with Gasteiger partial charge in [-0.05, 0) is 24.3 Å². The van der Waals surface area contributed by atoms with E-state index in [0.29, 0.717) is 22.5 Å². The highest BCUT2D eigenvalue weighted by Gasteiger charge is 2.25. The predicted octanol–water partition coefficient (Wildman–Crippen LogP) is 3.35. The third-order valence-corrected chi connectivity index (χ3v) is 4.65. The second-order valence-electron chi connectivity index (χ2n) is 7.29. The lowest BCUT2D eigenvalue weighted by Gasteiger charge is -2.24. The van der Waals surface area contributed by atoms with Gasteiger partial charge in [0.1, 0.15) is 31.3 Å². The zero-order chi connectivity index (χ0) is 20.5. The van der Waals surface area contributed by atoms with Gasteiger partial charge in [-0.3, -0.25) is 9.05 Å². The second kappa shape index (κ2) is 10.6. The Hall–Kier alpha value is -1.89. The van der Waals surface area contributed by atoms with Gasteiger partial charge in [0, 0.05) is 0 Å². The summed E-state index contributed by atoms with van der Waals surface area (Å²) in [5.74, 6) is 1.29. The first-order valence-electron chi connectivity index (χ1n) is 9.05. The van der Waals surface area contributed by atoms with Gasteiger partial charge < -0.3 is 18.9 Å². The Morgan fingerprint density at radius 1 is 0.893 bits per heavy atom. The molecule has 0 aliphatic carbocycles. The van der Waals surface area contributed by atoms with Crippen LogP contribution in [-0.4, -0.2) is 63.0 Å². The van der Waals surface area contributed by atoms with Crippen LogP contribution >= 0.6 is 7.82 Å². The summed E-state index contributed by atoms with van der Waals surface area (Å²) in [4.78, 5) is 9.92. The highest BCUT2D eigenvalue weighted by molar-refractivity contribution is 7.47. The summed E-state index contributed by atoms with van der Waals surface area (Å²) in [7, 11) is 1.73. The maximum atomic E-state index is 12.1. The summed E-state index contributed by atoms with van der Waals surface area (Å²) in [6, 6.07) is 18.4. The quantitative estimate of drug-likeness (QED) is 0.427. The van der Waals surface area contributed by atoms with Crippen LogP contribution in [0.3, 0.4) is 0 Å². The molecule has 154 valence electrons.